The monoisotopic (exact) mass is 262 g/mol. The van der Waals surface area contributed by atoms with E-state index in [9.17, 15) is 9.59 Å². The van der Waals surface area contributed by atoms with Crippen molar-refractivity contribution in [3.63, 3.8) is 0 Å². The fourth-order valence-electron chi connectivity index (χ4n) is 2.44. The highest BCUT2D eigenvalue weighted by Crippen LogP contribution is 2.22. The van der Waals surface area contributed by atoms with Gasteiger partial charge < -0.3 is 15.3 Å². The topological polar surface area (TPSA) is 69.6 Å². The lowest BCUT2D eigenvalue weighted by molar-refractivity contribution is -0.137. The molecule has 1 aliphatic heterocycles. The van der Waals surface area contributed by atoms with Crippen LogP contribution in [0.15, 0.2) is 30.3 Å². The van der Waals surface area contributed by atoms with Crippen molar-refractivity contribution < 1.29 is 14.7 Å². The van der Waals surface area contributed by atoms with Crippen LogP contribution in [-0.4, -0.2) is 36.1 Å². The molecule has 1 amide bonds. The molecule has 0 spiro atoms. The number of amides is 1. The maximum atomic E-state index is 12.5. The van der Waals surface area contributed by atoms with Crippen LogP contribution in [0.1, 0.15) is 13.3 Å². The Morgan fingerprint density at radius 3 is 2.58 bits per heavy atom. The molecular weight excluding hydrogens is 244 g/mol. The zero-order chi connectivity index (χ0) is 13.8. The number of carboxylic acid groups (broad SMARTS) is 1. The van der Waals surface area contributed by atoms with Gasteiger partial charge in [-0.1, -0.05) is 18.2 Å². The molecule has 2 N–H and O–H groups in total. The number of hydrogen-bond donors (Lipinski definition) is 2. The first-order valence-electron chi connectivity index (χ1n) is 6.41. The number of carbonyl (C=O) groups excluding carboxylic acids is 1. The molecule has 0 radical (unpaired) electrons. The van der Waals surface area contributed by atoms with Crippen LogP contribution in [-0.2, 0) is 9.59 Å². The lowest BCUT2D eigenvalue weighted by Gasteiger charge is -2.25. The summed E-state index contributed by atoms with van der Waals surface area (Å²) in [5.74, 6) is -1.28. The summed E-state index contributed by atoms with van der Waals surface area (Å²) < 4.78 is 0. The molecular formula is C14H18N2O3. The van der Waals surface area contributed by atoms with E-state index in [1.165, 1.54) is 4.90 Å². The average molecular weight is 262 g/mol. The third-order valence-corrected chi connectivity index (χ3v) is 3.47. The Labute approximate surface area is 112 Å². The van der Waals surface area contributed by atoms with Gasteiger partial charge in [0.2, 0.25) is 5.91 Å². The van der Waals surface area contributed by atoms with Gasteiger partial charge in [0.05, 0.1) is 5.92 Å². The molecule has 1 fully saturated rings. The average Bonchev–Trinajstić information content (AvgIpc) is 2.82. The van der Waals surface area contributed by atoms with Crippen molar-refractivity contribution in [3.05, 3.63) is 30.3 Å². The first-order valence-corrected chi connectivity index (χ1v) is 6.41. The Kier molecular flexibility index (Phi) is 4.16. The van der Waals surface area contributed by atoms with Crippen LogP contribution < -0.4 is 10.2 Å². The molecule has 1 saturated heterocycles. The minimum Gasteiger partial charge on any atom is -0.480 e. The Bertz CT molecular complexity index is 461. The van der Waals surface area contributed by atoms with Gasteiger partial charge in [-0.2, -0.15) is 0 Å². The summed E-state index contributed by atoms with van der Waals surface area (Å²) in [6.07, 6.45) is 0.753. The second-order valence-corrected chi connectivity index (χ2v) is 4.79. The number of nitrogens with zero attached hydrogens (tertiary/aromatic N) is 1. The molecule has 102 valence electrons. The number of aliphatic carboxylic acids is 1. The van der Waals surface area contributed by atoms with Crippen molar-refractivity contribution in [2.24, 2.45) is 5.92 Å². The summed E-state index contributed by atoms with van der Waals surface area (Å²) in [6.45, 7) is 2.46. The van der Waals surface area contributed by atoms with Crippen molar-refractivity contribution in [2.75, 3.05) is 18.0 Å². The van der Waals surface area contributed by atoms with E-state index in [4.69, 9.17) is 5.11 Å². The van der Waals surface area contributed by atoms with Crippen molar-refractivity contribution in [1.29, 1.82) is 0 Å². The maximum Gasteiger partial charge on any atom is 0.323 e. The predicted molar refractivity (Wildman–Crippen MR) is 72.0 cm³/mol. The molecule has 1 aromatic carbocycles. The molecule has 19 heavy (non-hydrogen) atoms. The first kappa shape index (κ1) is 13.5. The van der Waals surface area contributed by atoms with E-state index >= 15 is 0 Å². The molecule has 2 rings (SSSR count). The van der Waals surface area contributed by atoms with Crippen LogP contribution in [0.2, 0.25) is 0 Å². The summed E-state index contributed by atoms with van der Waals surface area (Å²) in [7, 11) is 0. The minimum atomic E-state index is -1.00. The van der Waals surface area contributed by atoms with Gasteiger partial charge >= 0.3 is 5.97 Å². The maximum absolute atomic E-state index is 12.5. The highest BCUT2D eigenvalue weighted by Gasteiger charge is 2.33. The third kappa shape index (κ3) is 3.12. The highest BCUT2D eigenvalue weighted by molar-refractivity contribution is 5.99. The van der Waals surface area contributed by atoms with Crippen LogP contribution in [0.3, 0.4) is 0 Å². The van der Waals surface area contributed by atoms with Crippen LogP contribution in [0.4, 0.5) is 5.69 Å². The number of nitrogens with one attached hydrogen (secondary N) is 1. The number of carboxylic acids is 1. The normalized spacial score (nSPS) is 22.2. The molecule has 0 bridgehead atoms. The SMILES string of the molecule is CC1NCCC1C(=O)N(CC(=O)O)c1ccccc1. The summed E-state index contributed by atoms with van der Waals surface area (Å²) in [5, 5.41) is 12.2. The van der Waals surface area contributed by atoms with Crippen molar-refractivity contribution in [1.82, 2.24) is 5.32 Å². The highest BCUT2D eigenvalue weighted by atomic mass is 16.4. The fraction of sp³-hybridized carbons (Fsp3) is 0.429. The molecule has 2 unspecified atom stereocenters. The zero-order valence-corrected chi connectivity index (χ0v) is 10.9. The fourth-order valence-corrected chi connectivity index (χ4v) is 2.44. The van der Waals surface area contributed by atoms with E-state index in [-0.39, 0.29) is 24.4 Å². The molecule has 5 nitrogen and oxygen atoms in total. The van der Waals surface area contributed by atoms with Crippen molar-refractivity contribution >= 4 is 17.6 Å². The largest absolute Gasteiger partial charge is 0.480 e. The van der Waals surface area contributed by atoms with Crippen LogP contribution in [0.5, 0.6) is 0 Å². The van der Waals surface area contributed by atoms with E-state index in [1.807, 2.05) is 13.0 Å². The van der Waals surface area contributed by atoms with E-state index in [0.717, 1.165) is 13.0 Å². The number of carbonyl (C=O) groups is 2. The van der Waals surface area contributed by atoms with Gasteiger partial charge in [-0.15, -0.1) is 0 Å². The molecule has 0 aromatic heterocycles. The van der Waals surface area contributed by atoms with Crippen LogP contribution in [0, 0.1) is 5.92 Å². The summed E-state index contributed by atoms with van der Waals surface area (Å²) in [4.78, 5) is 24.8. The quantitative estimate of drug-likeness (QED) is 0.852. The third-order valence-electron chi connectivity index (χ3n) is 3.47. The standard InChI is InChI=1S/C14H18N2O3/c1-10-12(7-8-15-10)14(19)16(9-13(17)18)11-5-3-2-4-6-11/h2-6,10,12,15H,7-9H2,1H3,(H,17,18). The number of para-hydroxylation sites is 1. The van der Waals surface area contributed by atoms with Crippen LogP contribution >= 0.6 is 0 Å². The van der Waals surface area contributed by atoms with Crippen molar-refractivity contribution in [2.45, 2.75) is 19.4 Å². The molecule has 2 atom stereocenters. The Morgan fingerprint density at radius 2 is 2.05 bits per heavy atom. The van der Waals surface area contributed by atoms with E-state index in [0.29, 0.717) is 5.69 Å². The predicted octanol–water partition coefficient (Wildman–Crippen LogP) is 1.10. The van der Waals surface area contributed by atoms with Gasteiger partial charge in [-0.05, 0) is 32.0 Å². The van der Waals surface area contributed by atoms with Gasteiger partial charge in [0.1, 0.15) is 6.54 Å². The number of anilines is 1. The Morgan fingerprint density at radius 1 is 1.37 bits per heavy atom. The Hall–Kier alpha value is -1.88. The molecule has 5 heteroatoms. The van der Waals surface area contributed by atoms with Gasteiger partial charge in [-0.3, -0.25) is 9.59 Å². The van der Waals surface area contributed by atoms with E-state index in [2.05, 4.69) is 5.32 Å². The molecule has 0 saturated carbocycles. The van der Waals surface area contributed by atoms with Crippen molar-refractivity contribution in [3.8, 4) is 0 Å². The first-order chi connectivity index (χ1) is 9.09. The van der Waals surface area contributed by atoms with E-state index < -0.39 is 5.97 Å². The lowest BCUT2D eigenvalue weighted by atomic mass is 10.00. The molecule has 1 aliphatic rings. The van der Waals surface area contributed by atoms with Gasteiger partial charge in [0.25, 0.3) is 0 Å². The van der Waals surface area contributed by atoms with E-state index in [1.54, 1.807) is 24.3 Å². The molecule has 1 aromatic rings. The van der Waals surface area contributed by atoms with Gasteiger partial charge in [-0.25, -0.2) is 0 Å². The van der Waals surface area contributed by atoms with Gasteiger partial charge in [0.15, 0.2) is 0 Å². The number of hydrogen-bond acceptors (Lipinski definition) is 3. The van der Waals surface area contributed by atoms with Crippen LogP contribution in [0.25, 0.3) is 0 Å². The summed E-state index contributed by atoms with van der Waals surface area (Å²) >= 11 is 0. The molecule has 1 heterocycles. The second kappa shape index (κ2) is 5.84. The molecule has 0 aliphatic carbocycles. The van der Waals surface area contributed by atoms with Gasteiger partial charge in [0, 0.05) is 11.7 Å². The lowest BCUT2D eigenvalue weighted by Crippen LogP contribution is -2.43. The second-order valence-electron chi connectivity index (χ2n) is 4.79. The number of benzene rings is 1. The smallest absolute Gasteiger partial charge is 0.323 e. The minimum absolute atomic E-state index is 0.0903. The summed E-state index contributed by atoms with van der Waals surface area (Å²) in [5.41, 5.74) is 0.633. The zero-order valence-electron chi connectivity index (χ0n) is 10.9. The Balaban J connectivity index is 2.22. The number of rotatable bonds is 4. The summed E-state index contributed by atoms with van der Waals surface area (Å²) in [6, 6.07) is 9.04.